The Morgan fingerprint density at radius 1 is 1.00 bits per heavy atom. The van der Waals surface area contributed by atoms with Crippen LogP contribution in [0.25, 0.3) is 0 Å². The van der Waals surface area contributed by atoms with E-state index in [4.69, 9.17) is 9.47 Å². The number of fused-ring (bicyclic) bond motifs is 1. The first-order valence-electron chi connectivity index (χ1n) is 7.05. The van der Waals surface area contributed by atoms with Gasteiger partial charge in [0.05, 0.1) is 0 Å². The van der Waals surface area contributed by atoms with Gasteiger partial charge in [0.25, 0.3) is 0 Å². The number of hydrogen-bond donors (Lipinski definition) is 1. The third-order valence-electron chi connectivity index (χ3n) is 3.77. The van der Waals surface area contributed by atoms with Crippen molar-refractivity contribution in [3.8, 4) is 11.5 Å². The fourth-order valence-corrected chi connectivity index (χ4v) is 3.20. The van der Waals surface area contributed by atoms with Crippen LogP contribution in [-0.2, 0) is 0 Å². The molecule has 0 spiro atoms. The second-order valence-electron chi connectivity index (χ2n) is 5.24. The zero-order valence-electron chi connectivity index (χ0n) is 12.1. The van der Waals surface area contributed by atoms with Gasteiger partial charge in [-0.1, -0.05) is 40.2 Å². The molecule has 1 aliphatic rings. The summed E-state index contributed by atoms with van der Waals surface area (Å²) in [5.41, 5.74) is 2.45. The molecular formula is C17H18BrNO2. The first-order valence-corrected chi connectivity index (χ1v) is 7.84. The molecule has 110 valence electrons. The van der Waals surface area contributed by atoms with Crippen molar-refractivity contribution in [3.05, 3.63) is 58.1 Å². The van der Waals surface area contributed by atoms with Crippen LogP contribution in [0, 0.1) is 0 Å². The normalized spacial score (nSPS) is 15.8. The Morgan fingerprint density at radius 3 is 2.57 bits per heavy atom. The lowest BCUT2D eigenvalue weighted by Gasteiger charge is -2.22. The monoisotopic (exact) mass is 347 g/mol. The minimum atomic E-state index is 0.224. The number of ether oxygens (including phenoxy) is 2. The average molecular weight is 348 g/mol. The van der Waals surface area contributed by atoms with Gasteiger partial charge in [0, 0.05) is 16.6 Å². The highest BCUT2D eigenvalue weighted by Gasteiger charge is 2.17. The maximum atomic E-state index is 5.44. The van der Waals surface area contributed by atoms with Crippen LogP contribution < -0.4 is 14.8 Å². The van der Waals surface area contributed by atoms with Gasteiger partial charge in [0.1, 0.15) is 0 Å². The molecule has 1 aliphatic heterocycles. The molecular weight excluding hydrogens is 330 g/mol. The van der Waals surface area contributed by atoms with E-state index in [-0.39, 0.29) is 12.1 Å². The van der Waals surface area contributed by atoms with E-state index in [9.17, 15) is 0 Å². The molecule has 2 aromatic rings. The average Bonchev–Trinajstić information content (AvgIpc) is 2.94. The van der Waals surface area contributed by atoms with Gasteiger partial charge in [-0.05, 0) is 43.2 Å². The van der Waals surface area contributed by atoms with E-state index in [0.29, 0.717) is 6.79 Å². The maximum Gasteiger partial charge on any atom is 0.231 e. The third kappa shape index (κ3) is 3.06. The Morgan fingerprint density at radius 2 is 1.76 bits per heavy atom. The van der Waals surface area contributed by atoms with Gasteiger partial charge in [-0.2, -0.15) is 0 Å². The van der Waals surface area contributed by atoms with Crippen molar-refractivity contribution in [3.63, 3.8) is 0 Å². The van der Waals surface area contributed by atoms with Crippen LogP contribution in [0.4, 0.5) is 0 Å². The van der Waals surface area contributed by atoms with Gasteiger partial charge in [-0.15, -0.1) is 0 Å². The van der Waals surface area contributed by atoms with Crippen molar-refractivity contribution >= 4 is 15.9 Å². The highest BCUT2D eigenvalue weighted by atomic mass is 79.9. The van der Waals surface area contributed by atoms with Crippen molar-refractivity contribution in [1.29, 1.82) is 0 Å². The predicted octanol–water partition coefficient (Wildman–Crippen LogP) is 4.59. The molecule has 1 N–H and O–H groups in total. The van der Waals surface area contributed by atoms with E-state index in [1.165, 1.54) is 11.1 Å². The van der Waals surface area contributed by atoms with Gasteiger partial charge in [0.15, 0.2) is 11.5 Å². The zero-order chi connectivity index (χ0) is 14.8. The SMILES string of the molecule is CC(NC(C)c1ccccc1Br)c1ccc2c(c1)OCO2. The van der Waals surface area contributed by atoms with Crippen molar-refractivity contribution in [2.24, 2.45) is 0 Å². The van der Waals surface area contributed by atoms with Gasteiger partial charge >= 0.3 is 0 Å². The Labute approximate surface area is 133 Å². The predicted molar refractivity (Wildman–Crippen MR) is 86.7 cm³/mol. The van der Waals surface area contributed by atoms with Gasteiger partial charge in [-0.25, -0.2) is 0 Å². The number of halogens is 1. The van der Waals surface area contributed by atoms with E-state index >= 15 is 0 Å². The first-order chi connectivity index (χ1) is 10.1. The molecule has 0 bridgehead atoms. The molecule has 0 saturated heterocycles. The van der Waals surface area contributed by atoms with E-state index < -0.39 is 0 Å². The molecule has 0 aliphatic carbocycles. The fraction of sp³-hybridized carbons (Fsp3) is 0.294. The summed E-state index contributed by atoms with van der Waals surface area (Å²) in [6.45, 7) is 4.64. The smallest absolute Gasteiger partial charge is 0.231 e. The van der Waals surface area contributed by atoms with Crippen LogP contribution in [0.15, 0.2) is 46.9 Å². The Kier molecular flexibility index (Phi) is 4.17. The summed E-state index contributed by atoms with van der Waals surface area (Å²) >= 11 is 3.61. The van der Waals surface area contributed by atoms with Crippen LogP contribution in [-0.4, -0.2) is 6.79 Å². The van der Waals surface area contributed by atoms with Crippen LogP contribution in [0.2, 0.25) is 0 Å². The minimum absolute atomic E-state index is 0.224. The first kappa shape index (κ1) is 14.4. The topological polar surface area (TPSA) is 30.5 Å². The summed E-state index contributed by atoms with van der Waals surface area (Å²) in [6.07, 6.45) is 0. The molecule has 21 heavy (non-hydrogen) atoms. The largest absolute Gasteiger partial charge is 0.454 e. The summed E-state index contributed by atoms with van der Waals surface area (Å²) in [5.74, 6) is 1.65. The summed E-state index contributed by atoms with van der Waals surface area (Å²) in [7, 11) is 0. The van der Waals surface area contributed by atoms with Crippen LogP contribution in [0.3, 0.4) is 0 Å². The molecule has 0 aromatic heterocycles. The molecule has 3 rings (SSSR count). The van der Waals surface area contributed by atoms with Gasteiger partial charge in [0.2, 0.25) is 6.79 Å². The van der Waals surface area contributed by atoms with Crippen molar-refractivity contribution < 1.29 is 9.47 Å². The van der Waals surface area contributed by atoms with E-state index in [2.05, 4.69) is 59.4 Å². The molecule has 0 radical (unpaired) electrons. The summed E-state index contributed by atoms with van der Waals surface area (Å²) in [5, 5.41) is 3.62. The quantitative estimate of drug-likeness (QED) is 0.877. The van der Waals surface area contributed by atoms with E-state index in [0.717, 1.165) is 16.0 Å². The number of benzene rings is 2. The molecule has 1 heterocycles. The zero-order valence-corrected chi connectivity index (χ0v) is 13.7. The molecule has 4 heteroatoms. The van der Waals surface area contributed by atoms with E-state index in [1.807, 2.05) is 18.2 Å². The molecule has 0 fully saturated rings. The second-order valence-corrected chi connectivity index (χ2v) is 6.10. The van der Waals surface area contributed by atoms with Crippen LogP contribution in [0.5, 0.6) is 11.5 Å². The minimum Gasteiger partial charge on any atom is -0.454 e. The molecule has 0 saturated carbocycles. The highest BCUT2D eigenvalue weighted by molar-refractivity contribution is 9.10. The fourth-order valence-electron chi connectivity index (χ4n) is 2.57. The molecule has 2 atom stereocenters. The van der Waals surface area contributed by atoms with Crippen molar-refractivity contribution in [2.45, 2.75) is 25.9 Å². The van der Waals surface area contributed by atoms with Gasteiger partial charge in [-0.3, -0.25) is 0 Å². The Hall–Kier alpha value is -1.52. The van der Waals surface area contributed by atoms with E-state index in [1.54, 1.807) is 0 Å². The van der Waals surface area contributed by atoms with Gasteiger partial charge < -0.3 is 14.8 Å². The molecule has 2 unspecified atom stereocenters. The highest BCUT2D eigenvalue weighted by Crippen LogP contribution is 2.34. The summed E-state index contributed by atoms with van der Waals surface area (Å²) in [6, 6.07) is 14.9. The second kappa shape index (κ2) is 6.08. The summed E-state index contributed by atoms with van der Waals surface area (Å²) < 4.78 is 11.9. The maximum absolute atomic E-state index is 5.44. The standard InChI is InChI=1S/C17H18BrNO2/c1-11(13-7-8-16-17(9-13)21-10-20-16)19-12(2)14-5-3-4-6-15(14)18/h3-9,11-12,19H,10H2,1-2H3. The Bertz CT molecular complexity index is 644. The Balaban J connectivity index is 1.74. The molecule has 0 amide bonds. The lowest BCUT2D eigenvalue weighted by Crippen LogP contribution is -2.22. The third-order valence-corrected chi connectivity index (χ3v) is 4.49. The number of nitrogens with one attached hydrogen (secondary N) is 1. The number of hydrogen-bond acceptors (Lipinski definition) is 3. The van der Waals surface area contributed by atoms with Crippen molar-refractivity contribution in [1.82, 2.24) is 5.32 Å². The van der Waals surface area contributed by atoms with Crippen LogP contribution in [0.1, 0.15) is 37.1 Å². The molecule has 3 nitrogen and oxygen atoms in total. The lowest BCUT2D eigenvalue weighted by molar-refractivity contribution is 0.174. The van der Waals surface area contributed by atoms with Crippen LogP contribution >= 0.6 is 15.9 Å². The summed E-state index contributed by atoms with van der Waals surface area (Å²) in [4.78, 5) is 0. The lowest BCUT2D eigenvalue weighted by atomic mass is 10.0. The number of rotatable bonds is 4. The molecule has 2 aromatic carbocycles. The van der Waals surface area contributed by atoms with Crippen molar-refractivity contribution in [2.75, 3.05) is 6.79 Å².